The highest BCUT2D eigenvalue weighted by Gasteiger charge is 2.15. The molecule has 0 aliphatic carbocycles. The van der Waals surface area contributed by atoms with E-state index in [9.17, 15) is 4.79 Å². The minimum atomic E-state index is -1.13. The van der Waals surface area contributed by atoms with Crippen LogP contribution in [-0.2, 0) is 22.9 Å². The molecule has 0 fully saturated rings. The van der Waals surface area contributed by atoms with Crippen LogP contribution >= 0.6 is 0 Å². The fraction of sp³-hybridized carbons (Fsp3) is 0.684. The van der Waals surface area contributed by atoms with Crippen LogP contribution in [0.25, 0.3) is 10.9 Å². The Morgan fingerprint density at radius 3 is 2.07 bits per heavy atom. The maximum atomic E-state index is 12.8. The summed E-state index contributed by atoms with van der Waals surface area (Å²) in [4.78, 5) is 12.8. The number of hydrogen-bond acceptors (Lipinski definition) is 4. The second-order valence-electron chi connectivity index (χ2n) is 9.69. The smallest absolute Gasteiger partial charge is 0.278 e. The Labute approximate surface area is 164 Å². The zero-order valence-corrected chi connectivity index (χ0v) is 20.0. The Balaban J connectivity index is 2.05. The van der Waals surface area contributed by atoms with Gasteiger partial charge in [-0.25, -0.2) is 4.68 Å². The molecule has 2 aromatic heterocycles. The summed E-state index contributed by atoms with van der Waals surface area (Å²) < 4.78 is 14.9. The van der Waals surface area contributed by atoms with Crippen molar-refractivity contribution >= 4 is 27.1 Å². The number of ether oxygens (including phenoxy) is 2. The van der Waals surface area contributed by atoms with E-state index in [2.05, 4.69) is 44.4 Å². The highest BCUT2D eigenvalue weighted by molar-refractivity contribution is 6.76. The summed E-state index contributed by atoms with van der Waals surface area (Å²) in [6, 6.07) is 2.21. The predicted molar refractivity (Wildman–Crippen MR) is 117 cm³/mol. The molecule has 2 rings (SSSR count). The molecule has 0 atom stereocenters. The van der Waals surface area contributed by atoms with Gasteiger partial charge in [0, 0.05) is 35.6 Å². The van der Waals surface area contributed by atoms with Crippen molar-refractivity contribution in [3.05, 3.63) is 28.3 Å². The lowest BCUT2D eigenvalue weighted by Crippen LogP contribution is -2.26. The van der Waals surface area contributed by atoms with E-state index in [1.807, 2.05) is 17.7 Å². The quantitative estimate of drug-likeness (QED) is 0.437. The van der Waals surface area contributed by atoms with E-state index >= 15 is 0 Å². The van der Waals surface area contributed by atoms with Crippen LogP contribution in [0.1, 0.15) is 5.56 Å². The SMILES string of the molecule is Cc1cn(COCC[Si](C)(C)C)c2cnn(COCC[Si](C)(C)C)c(=O)c12. The van der Waals surface area contributed by atoms with Crippen molar-refractivity contribution < 1.29 is 9.47 Å². The molecule has 0 amide bonds. The van der Waals surface area contributed by atoms with E-state index in [1.54, 1.807) is 6.20 Å². The predicted octanol–water partition coefficient (Wildman–Crippen LogP) is 4.13. The first kappa shape index (κ1) is 22.1. The second-order valence-corrected chi connectivity index (χ2v) is 20.9. The van der Waals surface area contributed by atoms with Crippen LogP contribution < -0.4 is 5.56 Å². The first-order valence-corrected chi connectivity index (χ1v) is 17.1. The Hall–Kier alpha value is -1.23. The summed E-state index contributed by atoms with van der Waals surface area (Å²) in [5.41, 5.74) is 1.67. The van der Waals surface area contributed by atoms with Crippen molar-refractivity contribution in [1.82, 2.24) is 14.3 Å². The van der Waals surface area contributed by atoms with Gasteiger partial charge in [-0.05, 0) is 24.6 Å². The molecule has 0 bridgehead atoms. The molecule has 27 heavy (non-hydrogen) atoms. The lowest BCUT2D eigenvalue weighted by molar-refractivity contribution is 0.0752. The maximum Gasteiger partial charge on any atom is 0.278 e. The van der Waals surface area contributed by atoms with E-state index in [4.69, 9.17) is 9.47 Å². The minimum absolute atomic E-state index is 0.0983. The Kier molecular flexibility index (Phi) is 7.23. The Morgan fingerprint density at radius 1 is 0.963 bits per heavy atom. The van der Waals surface area contributed by atoms with Gasteiger partial charge in [0.05, 0.1) is 17.1 Å². The monoisotopic (exact) mass is 409 g/mol. The third-order valence-electron chi connectivity index (χ3n) is 4.51. The summed E-state index contributed by atoms with van der Waals surface area (Å²) in [6.07, 6.45) is 3.71. The summed E-state index contributed by atoms with van der Waals surface area (Å²) in [5.74, 6) is 0. The van der Waals surface area contributed by atoms with Gasteiger partial charge in [-0.15, -0.1) is 0 Å². The zero-order chi connectivity index (χ0) is 20.2. The molecular weight excluding hydrogens is 374 g/mol. The van der Waals surface area contributed by atoms with Gasteiger partial charge in [0.1, 0.15) is 13.5 Å². The van der Waals surface area contributed by atoms with Crippen LogP contribution in [0.4, 0.5) is 0 Å². The van der Waals surface area contributed by atoms with Crippen LogP contribution in [-0.4, -0.2) is 43.7 Å². The van der Waals surface area contributed by atoms with E-state index in [-0.39, 0.29) is 12.3 Å². The van der Waals surface area contributed by atoms with Crippen LogP contribution in [0.15, 0.2) is 17.2 Å². The summed E-state index contributed by atoms with van der Waals surface area (Å²) in [7, 11) is -2.23. The number of rotatable bonds is 10. The summed E-state index contributed by atoms with van der Waals surface area (Å²) in [5, 5.41) is 5.00. The molecule has 2 heterocycles. The zero-order valence-electron chi connectivity index (χ0n) is 18.0. The van der Waals surface area contributed by atoms with Crippen LogP contribution in [0, 0.1) is 6.92 Å². The number of nitrogens with zero attached hydrogens (tertiary/aromatic N) is 3. The van der Waals surface area contributed by atoms with E-state index in [0.29, 0.717) is 18.7 Å². The first-order chi connectivity index (χ1) is 12.5. The fourth-order valence-electron chi connectivity index (χ4n) is 2.71. The number of aryl methyl sites for hydroxylation is 1. The largest absolute Gasteiger partial charge is 0.361 e. The molecule has 2 aromatic rings. The third-order valence-corrected chi connectivity index (χ3v) is 7.92. The van der Waals surface area contributed by atoms with Crippen molar-refractivity contribution in [2.45, 2.75) is 71.8 Å². The van der Waals surface area contributed by atoms with Crippen molar-refractivity contribution in [2.75, 3.05) is 13.2 Å². The molecule has 8 heteroatoms. The second kappa shape index (κ2) is 8.85. The molecular formula is C19H35N3O3Si2. The van der Waals surface area contributed by atoms with E-state index in [1.165, 1.54) is 4.68 Å². The molecule has 6 nitrogen and oxygen atoms in total. The molecule has 0 radical (unpaired) electrons. The van der Waals surface area contributed by atoms with Crippen LogP contribution in [0.5, 0.6) is 0 Å². The molecule has 0 N–H and O–H groups in total. The third kappa shape index (κ3) is 6.71. The van der Waals surface area contributed by atoms with Gasteiger partial charge in [-0.1, -0.05) is 39.3 Å². The lowest BCUT2D eigenvalue weighted by atomic mass is 10.2. The number of aromatic nitrogens is 3. The molecule has 152 valence electrons. The van der Waals surface area contributed by atoms with Crippen molar-refractivity contribution in [3.63, 3.8) is 0 Å². The standard InChI is InChI=1S/C19H35N3O3Si2/c1-16-13-21(14-24-8-10-26(2,3)4)17-12-20-22(19(23)18(16)17)15-25-9-11-27(5,6)7/h12-13H,8-11,14-15H2,1-7H3. The normalized spacial score (nSPS) is 12.9. The first-order valence-electron chi connectivity index (χ1n) is 9.69. The number of fused-ring (bicyclic) bond motifs is 1. The average molecular weight is 410 g/mol. The van der Waals surface area contributed by atoms with E-state index < -0.39 is 16.1 Å². The molecule has 0 aliphatic heterocycles. The van der Waals surface area contributed by atoms with Gasteiger partial charge in [0.15, 0.2) is 0 Å². The van der Waals surface area contributed by atoms with Crippen molar-refractivity contribution in [3.8, 4) is 0 Å². The topological polar surface area (TPSA) is 58.3 Å². The van der Waals surface area contributed by atoms with Crippen LogP contribution in [0.2, 0.25) is 51.4 Å². The highest BCUT2D eigenvalue weighted by atomic mass is 28.3. The van der Waals surface area contributed by atoms with Crippen LogP contribution in [0.3, 0.4) is 0 Å². The molecule has 0 aromatic carbocycles. The van der Waals surface area contributed by atoms with Crippen molar-refractivity contribution in [1.29, 1.82) is 0 Å². The highest BCUT2D eigenvalue weighted by Crippen LogP contribution is 2.17. The fourth-order valence-corrected chi connectivity index (χ4v) is 4.22. The molecule has 0 saturated heterocycles. The van der Waals surface area contributed by atoms with Gasteiger partial charge in [-0.2, -0.15) is 5.10 Å². The van der Waals surface area contributed by atoms with Gasteiger partial charge >= 0.3 is 0 Å². The van der Waals surface area contributed by atoms with Gasteiger partial charge in [-0.3, -0.25) is 4.79 Å². The minimum Gasteiger partial charge on any atom is -0.361 e. The van der Waals surface area contributed by atoms with Gasteiger partial charge in [0.25, 0.3) is 5.56 Å². The molecule has 0 unspecified atom stereocenters. The average Bonchev–Trinajstić information content (AvgIpc) is 2.85. The molecule has 0 aliphatic rings. The molecule has 0 spiro atoms. The van der Waals surface area contributed by atoms with E-state index in [0.717, 1.165) is 29.8 Å². The van der Waals surface area contributed by atoms with Crippen molar-refractivity contribution in [2.24, 2.45) is 0 Å². The van der Waals surface area contributed by atoms with Gasteiger partial charge < -0.3 is 14.0 Å². The maximum absolute atomic E-state index is 12.8. The Morgan fingerprint density at radius 2 is 1.52 bits per heavy atom. The number of hydrogen-bond donors (Lipinski definition) is 0. The Bertz CT molecular complexity index is 816. The summed E-state index contributed by atoms with van der Waals surface area (Å²) >= 11 is 0. The summed E-state index contributed by atoms with van der Waals surface area (Å²) in [6.45, 7) is 18.0. The lowest BCUT2D eigenvalue weighted by Gasteiger charge is -2.16. The van der Waals surface area contributed by atoms with Gasteiger partial charge in [0.2, 0.25) is 0 Å². The molecule has 0 saturated carbocycles.